The highest BCUT2D eigenvalue weighted by molar-refractivity contribution is 7.99. The number of thiocarbonyl (C=S) groups is 1. The Kier molecular flexibility index (Phi) is 8.75. The van der Waals surface area contributed by atoms with Gasteiger partial charge in [0.1, 0.15) is 0 Å². The number of anilines is 1. The van der Waals surface area contributed by atoms with E-state index in [0.29, 0.717) is 23.2 Å². The second kappa shape index (κ2) is 12.0. The molecule has 0 amide bonds. The zero-order valence-corrected chi connectivity index (χ0v) is 19.1. The Labute approximate surface area is 192 Å². The second-order valence-corrected chi connectivity index (χ2v) is 8.19. The minimum absolute atomic E-state index is 0.419. The summed E-state index contributed by atoms with van der Waals surface area (Å²) in [4.78, 5) is 1.23. The maximum atomic E-state index is 5.89. The Morgan fingerprint density at radius 2 is 1.81 bits per heavy atom. The van der Waals surface area contributed by atoms with Gasteiger partial charge in [0.15, 0.2) is 16.6 Å². The lowest BCUT2D eigenvalue weighted by Gasteiger charge is -2.11. The van der Waals surface area contributed by atoms with Crippen molar-refractivity contribution in [2.75, 3.05) is 24.8 Å². The van der Waals surface area contributed by atoms with Gasteiger partial charge in [-0.25, -0.2) is 0 Å². The van der Waals surface area contributed by atoms with Gasteiger partial charge in [-0.3, -0.25) is 5.43 Å². The van der Waals surface area contributed by atoms with E-state index >= 15 is 0 Å². The maximum absolute atomic E-state index is 5.89. The lowest BCUT2D eigenvalue weighted by molar-refractivity contribution is 0.313. The minimum atomic E-state index is 0.419. The van der Waals surface area contributed by atoms with Gasteiger partial charge in [0.05, 0.1) is 19.9 Å². The third-order valence-electron chi connectivity index (χ3n) is 4.23. The number of nitrogens with one attached hydrogen (secondary N) is 2. The van der Waals surface area contributed by atoms with Crippen LogP contribution in [0.5, 0.6) is 11.5 Å². The monoisotopic (exact) mass is 451 g/mol. The number of ether oxygens (including phenoxy) is 2. The molecule has 0 radical (unpaired) electrons. The van der Waals surface area contributed by atoms with Crippen molar-refractivity contribution >= 4 is 41.0 Å². The Hall–Kier alpha value is -3.03. The van der Waals surface area contributed by atoms with Crippen LogP contribution in [0.3, 0.4) is 0 Å². The van der Waals surface area contributed by atoms with Crippen LogP contribution in [0.1, 0.15) is 11.1 Å². The smallest absolute Gasteiger partial charge is 0.191 e. The molecule has 0 aromatic heterocycles. The van der Waals surface area contributed by atoms with Gasteiger partial charge in [0, 0.05) is 16.3 Å². The van der Waals surface area contributed by atoms with Crippen molar-refractivity contribution < 1.29 is 9.47 Å². The van der Waals surface area contributed by atoms with E-state index in [4.69, 9.17) is 21.7 Å². The first-order chi connectivity index (χ1) is 15.1. The van der Waals surface area contributed by atoms with Crippen LogP contribution >= 0.6 is 24.0 Å². The van der Waals surface area contributed by atoms with Gasteiger partial charge in [-0.2, -0.15) is 5.10 Å². The number of rotatable bonds is 9. The predicted molar refractivity (Wildman–Crippen MR) is 134 cm³/mol. The molecule has 7 heteroatoms. The van der Waals surface area contributed by atoms with Gasteiger partial charge in [-0.1, -0.05) is 35.9 Å². The Morgan fingerprint density at radius 3 is 2.55 bits per heavy atom. The molecule has 0 unspecified atom stereocenters. The zero-order valence-electron chi connectivity index (χ0n) is 17.5. The molecule has 2 N–H and O–H groups in total. The van der Waals surface area contributed by atoms with Gasteiger partial charge in [0.2, 0.25) is 0 Å². The summed E-state index contributed by atoms with van der Waals surface area (Å²) in [5, 5.41) is 7.70. The molecule has 3 aromatic carbocycles. The SMILES string of the molecule is COc1cc(/C=N/NC(=S)Nc2ccc(C)cc2)ccc1OCCSc1ccccc1. The van der Waals surface area contributed by atoms with Crippen molar-refractivity contribution in [2.45, 2.75) is 11.8 Å². The standard InChI is InChI=1S/C24H25N3O2S2/c1-18-8-11-20(12-9-18)26-24(30)27-25-17-19-10-13-22(23(16-19)28-2)29-14-15-31-21-6-4-3-5-7-21/h3-13,16-17H,14-15H2,1-2H3,(H2,26,27,30)/b25-17+. The molecule has 31 heavy (non-hydrogen) atoms. The van der Waals surface area contributed by atoms with Crippen molar-refractivity contribution in [1.29, 1.82) is 0 Å². The highest BCUT2D eigenvalue weighted by atomic mass is 32.2. The average Bonchev–Trinajstić information content (AvgIpc) is 2.79. The van der Waals surface area contributed by atoms with Gasteiger partial charge in [-0.05, 0) is 67.2 Å². The Morgan fingerprint density at radius 1 is 1.03 bits per heavy atom. The predicted octanol–water partition coefficient (Wildman–Crippen LogP) is 5.50. The summed E-state index contributed by atoms with van der Waals surface area (Å²) in [5.41, 5.74) is 5.79. The highest BCUT2D eigenvalue weighted by Gasteiger charge is 2.05. The number of hydrazone groups is 1. The van der Waals surface area contributed by atoms with Gasteiger partial charge < -0.3 is 14.8 Å². The molecule has 0 aliphatic rings. The van der Waals surface area contributed by atoms with Crippen LogP contribution in [0.25, 0.3) is 0 Å². The fourth-order valence-corrected chi connectivity index (χ4v) is 3.60. The molecule has 0 saturated carbocycles. The molecule has 0 aliphatic heterocycles. The number of hydrogen-bond acceptors (Lipinski definition) is 5. The molecule has 5 nitrogen and oxygen atoms in total. The van der Waals surface area contributed by atoms with Gasteiger partial charge in [0.25, 0.3) is 0 Å². The summed E-state index contributed by atoms with van der Waals surface area (Å²) in [7, 11) is 1.63. The molecule has 0 aliphatic carbocycles. The molecule has 0 bridgehead atoms. The van der Waals surface area contributed by atoms with E-state index in [1.165, 1.54) is 10.5 Å². The molecule has 3 aromatic rings. The topological polar surface area (TPSA) is 54.9 Å². The number of methoxy groups -OCH3 is 1. The van der Waals surface area contributed by atoms with E-state index in [2.05, 4.69) is 28.0 Å². The Balaban J connectivity index is 1.48. The first kappa shape index (κ1) is 22.7. The summed E-state index contributed by atoms with van der Waals surface area (Å²) >= 11 is 7.02. The van der Waals surface area contributed by atoms with E-state index in [1.807, 2.05) is 67.6 Å². The minimum Gasteiger partial charge on any atom is -0.493 e. The molecule has 160 valence electrons. The van der Waals surface area contributed by atoms with Gasteiger partial charge in [-0.15, -0.1) is 11.8 Å². The highest BCUT2D eigenvalue weighted by Crippen LogP contribution is 2.28. The number of aryl methyl sites for hydroxylation is 1. The van der Waals surface area contributed by atoms with Crippen LogP contribution in [0, 0.1) is 6.92 Å². The fourth-order valence-electron chi connectivity index (χ4n) is 2.67. The first-order valence-electron chi connectivity index (χ1n) is 9.79. The second-order valence-electron chi connectivity index (χ2n) is 6.61. The molecular weight excluding hydrogens is 426 g/mol. The van der Waals surface area contributed by atoms with E-state index in [1.54, 1.807) is 25.1 Å². The average molecular weight is 452 g/mol. The largest absolute Gasteiger partial charge is 0.493 e. The normalized spacial score (nSPS) is 10.6. The van der Waals surface area contributed by atoms with Crippen molar-refractivity contribution in [3.05, 3.63) is 83.9 Å². The van der Waals surface area contributed by atoms with Crippen LogP contribution < -0.4 is 20.2 Å². The van der Waals surface area contributed by atoms with Crippen LogP contribution in [0.2, 0.25) is 0 Å². The lowest BCUT2D eigenvalue weighted by Crippen LogP contribution is -2.23. The van der Waals surface area contributed by atoms with Crippen LogP contribution in [-0.4, -0.2) is 30.8 Å². The first-order valence-corrected chi connectivity index (χ1v) is 11.2. The van der Waals surface area contributed by atoms with Crippen molar-refractivity contribution in [3.8, 4) is 11.5 Å². The van der Waals surface area contributed by atoms with Crippen LogP contribution in [0.4, 0.5) is 5.69 Å². The number of benzene rings is 3. The van der Waals surface area contributed by atoms with Crippen molar-refractivity contribution in [1.82, 2.24) is 5.43 Å². The van der Waals surface area contributed by atoms with E-state index in [-0.39, 0.29) is 0 Å². The number of nitrogens with zero attached hydrogens (tertiary/aromatic N) is 1. The molecule has 0 fully saturated rings. The zero-order chi connectivity index (χ0) is 21.9. The van der Waals surface area contributed by atoms with Crippen molar-refractivity contribution in [2.24, 2.45) is 5.10 Å². The van der Waals surface area contributed by atoms with Crippen LogP contribution in [-0.2, 0) is 0 Å². The molecule has 0 atom stereocenters. The van der Waals surface area contributed by atoms with Crippen LogP contribution in [0.15, 0.2) is 82.8 Å². The van der Waals surface area contributed by atoms with E-state index in [9.17, 15) is 0 Å². The summed E-state index contributed by atoms with van der Waals surface area (Å²) in [6.45, 7) is 2.63. The lowest BCUT2D eigenvalue weighted by atomic mass is 10.2. The number of thioether (sulfide) groups is 1. The van der Waals surface area contributed by atoms with E-state index in [0.717, 1.165) is 17.0 Å². The molecule has 0 spiro atoms. The summed E-state index contributed by atoms with van der Waals surface area (Å²) in [6.07, 6.45) is 1.68. The van der Waals surface area contributed by atoms with Gasteiger partial charge >= 0.3 is 0 Å². The molecule has 0 saturated heterocycles. The third-order valence-corrected chi connectivity index (χ3v) is 5.40. The quantitative estimate of drug-likeness (QED) is 0.147. The van der Waals surface area contributed by atoms with E-state index < -0.39 is 0 Å². The molecule has 0 heterocycles. The summed E-state index contributed by atoms with van der Waals surface area (Å²) in [5.74, 6) is 2.22. The third kappa shape index (κ3) is 7.62. The summed E-state index contributed by atoms with van der Waals surface area (Å²) < 4.78 is 11.4. The fraction of sp³-hybridized carbons (Fsp3) is 0.167. The Bertz CT molecular complexity index is 1010. The van der Waals surface area contributed by atoms with Crippen molar-refractivity contribution in [3.63, 3.8) is 0 Å². The maximum Gasteiger partial charge on any atom is 0.191 e. The number of hydrogen-bond donors (Lipinski definition) is 2. The summed E-state index contributed by atoms with van der Waals surface area (Å²) in [6, 6.07) is 23.9. The molecule has 3 rings (SSSR count). The molecular formula is C24H25N3O2S2.